The van der Waals surface area contributed by atoms with Gasteiger partial charge in [0, 0.05) is 12.2 Å². The van der Waals surface area contributed by atoms with Gasteiger partial charge in [0.2, 0.25) is 0 Å². The summed E-state index contributed by atoms with van der Waals surface area (Å²) < 4.78 is 43.1. The number of carbonyl (C=O) groups excluding carboxylic acids is 1. The molecule has 0 atom stereocenters. The number of carbonyl (C=O) groups is 1. The number of hydrogen-bond acceptors (Lipinski definition) is 3. The first-order valence-electron chi connectivity index (χ1n) is 6.33. The average molecular weight is 306 g/mol. The fourth-order valence-electron chi connectivity index (χ4n) is 1.66. The molecule has 0 aliphatic rings. The van der Waals surface area contributed by atoms with E-state index in [1.165, 1.54) is 12.1 Å². The Kier molecular flexibility index (Phi) is 6.91. The Morgan fingerprint density at radius 3 is 2.65 bits per heavy atom. The lowest BCUT2D eigenvalue weighted by Crippen LogP contribution is -2.13. The Morgan fingerprint density at radius 2 is 2.00 bits per heavy atom. The quantitative estimate of drug-likeness (QED) is 0.564. The minimum atomic E-state index is -4.38. The molecule has 112 valence electrons. The number of hydrogen-bond donors (Lipinski definition) is 0. The van der Waals surface area contributed by atoms with Gasteiger partial charge in [0.1, 0.15) is 0 Å². The van der Waals surface area contributed by atoms with Gasteiger partial charge in [-0.15, -0.1) is 0 Å². The molecule has 20 heavy (non-hydrogen) atoms. The highest BCUT2D eigenvalue weighted by Gasteiger charge is 2.32. The predicted octanol–water partition coefficient (Wildman–Crippen LogP) is 3.93. The van der Waals surface area contributed by atoms with Crippen LogP contribution in [0.25, 0.3) is 0 Å². The van der Waals surface area contributed by atoms with Crippen LogP contribution in [0.4, 0.5) is 13.2 Å². The van der Waals surface area contributed by atoms with Crippen molar-refractivity contribution in [3.63, 3.8) is 0 Å². The van der Waals surface area contributed by atoms with Crippen LogP contribution in [0, 0.1) is 0 Å². The zero-order chi connectivity index (χ0) is 15.0. The van der Waals surface area contributed by atoms with E-state index in [0.29, 0.717) is 12.2 Å². The van der Waals surface area contributed by atoms with Gasteiger partial charge < -0.3 is 4.74 Å². The number of halogens is 3. The van der Waals surface area contributed by atoms with Crippen molar-refractivity contribution in [3.8, 4) is 0 Å². The molecule has 0 radical (unpaired) electrons. The second-order valence-corrected chi connectivity index (χ2v) is 5.47. The highest BCUT2D eigenvalue weighted by molar-refractivity contribution is 7.99. The first-order chi connectivity index (χ1) is 9.45. The maximum atomic E-state index is 12.7. The fourth-order valence-corrected chi connectivity index (χ4v) is 2.26. The standard InChI is InChI=1S/C14H17F3O2S/c1-2-20-10-8-13(18)19-9-7-11-5-3-4-6-12(11)14(15,16)17/h3-6H,2,7-10H2,1H3. The van der Waals surface area contributed by atoms with Crippen LogP contribution >= 0.6 is 11.8 Å². The zero-order valence-corrected chi connectivity index (χ0v) is 12.0. The van der Waals surface area contributed by atoms with E-state index in [1.54, 1.807) is 17.8 Å². The van der Waals surface area contributed by atoms with E-state index < -0.39 is 11.7 Å². The first kappa shape index (κ1) is 16.9. The third-order valence-corrected chi connectivity index (χ3v) is 3.51. The summed E-state index contributed by atoms with van der Waals surface area (Å²) in [4.78, 5) is 11.3. The molecule has 1 rings (SSSR count). The van der Waals surface area contributed by atoms with Gasteiger partial charge in [0.25, 0.3) is 0 Å². The van der Waals surface area contributed by atoms with Gasteiger partial charge in [-0.25, -0.2) is 0 Å². The summed E-state index contributed by atoms with van der Waals surface area (Å²) in [7, 11) is 0. The molecule has 0 saturated carbocycles. The average Bonchev–Trinajstić information content (AvgIpc) is 2.38. The van der Waals surface area contributed by atoms with E-state index in [1.807, 2.05) is 6.92 Å². The minimum Gasteiger partial charge on any atom is -0.465 e. The summed E-state index contributed by atoms with van der Waals surface area (Å²) in [5.74, 6) is 1.23. The van der Waals surface area contributed by atoms with Crippen LogP contribution in [0.1, 0.15) is 24.5 Å². The van der Waals surface area contributed by atoms with Crippen LogP contribution in [0.5, 0.6) is 0 Å². The largest absolute Gasteiger partial charge is 0.465 e. The van der Waals surface area contributed by atoms with Gasteiger partial charge in [-0.1, -0.05) is 25.1 Å². The Bertz CT molecular complexity index is 433. The minimum absolute atomic E-state index is 0.0251. The van der Waals surface area contributed by atoms with Gasteiger partial charge in [-0.05, 0) is 17.4 Å². The van der Waals surface area contributed by atoms with E-state index in [9.17, 15) is 18.0 Å². The van der Waals surface area contributed by atoms with E-state index >= 15 is 0 Å². The monoisotopic (exact) mass is 306 g/mol. The van der Waals surface area contributed by atoms with Crippen LogP contribution in [0.3, 0.4) is 0 Å². The van der Waals surface area contributed by atoms with E-state index in [0.717, 1.165) is 11.8 Å². The van der Waals surface area contributed by atoms with Crippen molar-refractivity contribution in [2.45, 2.75) is 25.9 Å². The molecule has 0 aromatic heterocycles. The van der Waals surface area contributed by atoms with Crippen LogP contribution in [0.15, 0.2) is 24.3 Å². The molecule has 1 aromatic carbocycles. The molecule has 2 nitrogen and oxygen atoms in total. The predicted molar refractivity (Wildman–Crippen MR) is 73.7 cm³/mol. The lowest BCUT2D eigenvalue weighted by Gasteiger charge is -2.12. The number of alkyl halides is 3. The van der Waals surface area contributed by atoms with Crippen molar-refractivity contribution >= 4 is 17.7 Å². The topological polar surface area (TPSA) is 26.3 Å². The third-order valence-electron chi connectivity index (χ3n) is 2.61. The molecule has 0 unspecified atom stereocenters. The smallest absolute Gasteiger partial charge is 0.416 e. The number of esters is 1. The molecule has 0 amide bonds. The first-order valence-corrected chi connectivity index (χ1v) is 7.49. The summed E-state index contributed by atoms with van der Waals surface area (Å²) >= 11 is 1.62. The number of benzene rings is 1. The fraction of sp³-hybridized carbons (Fsp3) is 0.500. The van der Waals surface area contributed by atoms with Crippen molar-refractivity contribution in [1.82, 2.24) is 0 Å². The molecule has 0 aliphatic heterocycles. The van der Waals surface area contributed by atoms with Gasteiger partial charge in [-0.2, -0.15) is 24.9 Å². The molecule has 0 heterocycles. The van der Waals surface area contributed by atoms with Crippen molar-refractivity contribution in [2.24, 2.45) is 0 Å². The molecule has 0 N–H and O–H groups in total. The molecule has 0 spiro atoms. The number of rotatable bonds is 7. The van der Waals surface area contributed by atoms with Crippen molar-refractivity contribution in [3.05, 3.63) is 35.4 Å². The van der Waals surface area contributed by atoms with E-state index in [2.05, 4.69) is 0 Å². The van der Waals surface area contributed by atoms with Crippen molar-refractivity contribution in [1.29, 1.82) is 0 Å². The summed E-state index contributed by atoms with van der Waals surface area (Å²) in [5, 5.41) is 0. The van der Waals surface area contributed by atoms with Crippen molar-refractivity contribution < 1.29 is 22.7 Å². The van der Waals surface area contributed by atoms with Crippen LogP contribution in [0.2, 0.25) is 0 Å². The maximum absolute atomic E-state index is 12.7. The lowest BCUT2D eigenvalue weighted by atomic mass is 10.0. The Balaban J connectivity index is 2.45. The molecule has 0 fully saturated rings. The summed E-state index contributed by atoms with van der Waals surface area (Å²) in [6, 6.07) is 5.34. The van der Waals surface area contributed by atoms with Gasteiger partial charge in [0.05, 0.1) is 18.6 Å². The van der Waals surface area contributed by atoms with Crippen molar-refractivity contribution in [2.75, 3.05) is 18.1 Å². The number of ether oxygens (including phenoxy) is 1. The lowest BCUT2D eigenvalue weighted by molar-refractivity contribution is -0.143. The normalized spacial score (nSPS) is 11.4. The Labute approximate surface area is 120 Å². The van der Waals surface area contributed by atoms with Gasteiger partial charge >= 0.3 is 12.1 Å². The summed E-state index contributed by atoms with van der Waals surface area (Å²) in [6.45, 7) is 1.97. The SMILES string of the molecule is CCSCCC(=O)OCCc1ccccc1C(F)(F)F. The number of thioether (sulfide) groups is 1. The van der Waals surface area contributed by atoms with Crippen LogP contribution in [-0.2, 0) is 22.1 Å². The Hall–Kier alpha value is -1.17. The molecular formula is C14H17F3O2S. The second kappa shape index (κ2) is 8.19. The zero-order valence-electron chi connectivity index (χ0n) is 11.2. The molecule has 6 heteroatoms. The Morgan fingerprint density at radius 1 is 1.30 bits per heavy atom. The maximum Gasteiger partial charge on any atom is 0.416 e. The molecule has 0 bridgehead atoms. The molecule has 0 saturated heterocycles. The highest BCUT2D eigenvalue weighted by atomic mass is 32.2. The second-order valence-electron chi connectivity index (χ2n) is 4.07. The van der Waals surface area contributed by atoms with E-state index in [4.69, 9.17) is 4.74 Å². The van der Waals surface area contributed by atoms with Crippen LogP contribution < -0.4 is 0 Å². The van der Waals surface area contributed by atoms with E-state index in [-0.39, 0.29) is 24.6 Å². The molecule has 1 aromatic rings. The van der Waals surface area contributed by atoms with Gasteiger partial charge in [-0.3, -0.25) is 4.79 Å². The third kappa shape index (κ3) is 5.86. The summed E-state index contributed by atoms with van der Waals surface area (Å²) in [5.41, 5.74) is -0.520. The highest BCUT2D eigenvalue weighted by Crippen LogP contribution is 2.31. The molecule has 0 aliphatic carbocycles. The van der Waals surface area contributed by atoms with Crippen LogP contribution in [-0.4, -0.2) is 24.1 Å². The van der Waals surface area contributed by atoms with Gasteiger partial charge in [0.15, 0.2) is 0 Å². The summed E-state index contributed by atoms with van der Waals surface area (Å²) in [6.07, 6.45) is -4.01. The molecular weight excluding hydrogens is 289 g/mol.